The molecular weight excluding hydrogens is 306 g/mol. The molecule has 0 saturated heterocycles. The maximum Gasteiger partial charge on any atom is 0.343 e. The highest BCUT2D eigenvalue weighted by Gasteiger charge is 2.26. The van der Waals surface area contributed by atoms with Crippen molar-refractivity contribution >= 4 is 26.6 Å². The molecule has 1 amide bonds. The Morgan fingerprint density at radius 3 is 2.45 bits per heavy atom. The van der Waals surface area contributed by atoms with Gasteiger partial charge in [-0.2, -0.15) is 0 Å². The van der Waals surface area contributed by atoms with Crippen LogP contribution in [0.2, 0.25) is 0 Å². The summed E-state index contributed by atoms with van der Waals surface area (Å²) in [4.78, 5) is 23.2. The van der Waals surface area contributed by atoms with Gasteiger partial charge < -0.3 is 10.0 Å². The summed E-state index contributed by atoms with van der Waals surface area (Å²) in [5.74, 6) is -0.892. The van der Waals surface area contributed by atoms with E-state index in [0.717, 1.165) is 10.5 Å². The first-order valence-corrected chi connectivity index (χ1v) is 8.10. The molecule has 1 aromatic rings. The maximum absolute atomic E-state index is 12.2. The normalized spacial score (nSPS) is 12.0. The van der Waals surface area contributed by atoms with Crippen LogP contribution in [-0.4, -0.2) is 43.7 Å². The molecule has 7 heteroatoms. The number of carboxylic acids is 1. The molecular formula is C15H19NO5S. The number of amides is 1. The first kappa shape index (κ1) is 17.9. The molecule has 0 aliphatic carbocycles. The van der Waals surface area contributed by atoms with Gasteiger partial charge in [0.05, 0.1) is 4.90 Å². The topological polar surface area (TPSA) is 91.7 Å². The number of aliphatic carboxylic acids is 1. The lowest BCUT2D eigenvalue weighted by Crippen LogP contribution is -2.28. The van der Waals surface area contributed by atoms with Crippen molar-refractivity contribution in [3.05, 3.63) is 35.9 Å². The lowest BCUT2D eigenvalue weighted by Gasteiger charge is -2.11. The summed E-state index contributed by atoms with van der Waals surface area (Å²) in [6.45, 7) is 1.77. The largest absolute Gasteiger partial charge is 0.481 e. The first-order valence-electron chi connectivity index (χ1n) is 6.61. The van der Waals surface area contributed by atoms with Crippen molar-refractivity contribution in [3.63, 3.8) is 0 Å². The average molecular weight is 325 g/mol. The minimum absolute atomic E-state index is 0.00838. The van der Waals surface area contributed by atoms with Crippen molar-refractivity contribution in [2.75, 3.05) is 14.1 Å². The predicted molar refractivity (Wildman–Crippen MR) is 83.2 cm³/mol. The van der Waals surface area contributed by atoms with Crippen LogP contribution < -0.4 is 0 Å². The number of nitrogens with zero attached hydrogens (tertiary/aromatic N) is 1. The second-order valence-corrected chi connectivity index (χ2v) is 6.84. The molecule has 1 aromatic carbocycles. The van der Waals surface area contributed by atoms with Gasteiger partial charge in [-0.3, -0.25) is 9.59 Å². The summed E-state index contributed by atoms with van der Waals surface area (Å²) in [5, 5.41) is 7.64. The van der Waals surface area contributed by atoms with Crippen molar-refractivity contribution < 1.29 is 23.1 Å². The molecule has 120 valence electrons. The van der Waals surface area contributed by atoms with Gasteiger partial charge in [-0.05, 0) is 36.6 Å². The van der Waals surface area contributed by atoms with E-state index in [1.54, 1.807) is 25.1 Å². The Hall–Kier alpha value is -2.15. The fourth-order valence-electron chi connectivity index (χ4n) is 1.78. The average Bonchev–Trinajstić information content (AvgIpc) is 2.45. The van der Waals surface area contributed by atoms with E-state index in [-0.39, 0.29) is 11.3 Å². The van der Waals surface area contributed by atoms with E-state index in [0.29, 0.717) is 12.0 Å². The molecule has 0 bridgehead atoms. The monoisotopic (exact) mass is 325 g/mol. The molecule has 1 N–H and O–H groups in total. The van der Waals surface area contributed by atoms with Crippen molar-refractivity contribution in [1.82, 2.24) is 4.90 Å². The number of benzene rings is 1. The van der Waals surface area contributed by atoms with Gasteiger partial charge in [0.2, 0.25) is 0 Å². The van der Waals surface area contributed by atoms with Gasteiger partial charge in [0.25, 0.3) is 9.84 Å². The van der Waals surface area contributed by atoms with E-state index in [9.17, 15) is 18.0 Å². The molecule has 0 atom stereocenters. The summed E-state index contributed by atoms with van der Waals surface area (Å²) in [6.07, 6.45) is 2.09. The fraction of sp³-hybridized carbons (Fsp3) is 0.333. The van der Waals surface area contributed by atoms with Crippen molar-refractivity contribution in [1.29, 1.82) is 0 Å². The van der Waals surface area contributed by atoms with E-state index >= 15 is 0 Å². The summed E-state index contributed by atoms with van der Waals surface area (Å²) < 4.78 is 24.3. The number of carbonyl (C=O) groups is 2. The fourth-order valence-corrected chi connectivity index (χ4v) is 3.00. The van der Waals surface area contributed by atoms with Crippen LogP contribution in [0.15, 0.2) is 35.2 Å². The standard InChI is InChI=1S/C15H19NO5S/c1-11(6-4-9-14(17)18)12-7-5-8-13(10-12)22(20,21)15(19)16(2)3/h5-8,10H,4,9H2,1-3H3,(H,17,18)/b11-6+. The number of carboxylic acid groups (broad SMARTS) is 1. The minimum atomic E-state index is -4.06. The van der Waals surface area contributed by atoms with Gasteiger partial charge >= 0.3 is 11.2 Å². The molecule has 0 spiro atoms. The van der Waals surface area contributed by atoms with Gasteiger partial charge in [-0.25, -0.2) is 8.42 Å². The first-order chi connectivity index (χ1) is 10.2. The highest BCUT2D eigenvalue weighted by Crippen LogP contribution is 2.21. The molecule has 0 aromatic heterocycles. The molecule has 0 heterocycles. The Balaban J connectivity index is 3.09. The lowest BCUT2D eigenvalue weighted by molar-refractivity contribution is -0.136. The molecule has 0 saturated carbocycles. The van der Waals surface area contributed by atoms with Gasteiger partial charge in [0.1, 0.15) is 0 Å². The Kier molecular flexibility index (Phi) is 5.87. The molecule has 0 unspecified atom stereocenters. The number of carbonyl (C=O) groups excluding carboxylic acids is 1. The van der Waals surface area contributed by atoms with Crippen LogP contribution in [0.4, 0.5) is 4.79 Å². The Labute approximate surface area is 130 Å². The molecule has 0 fully saturated rings. The summed E-state index contributed by atoms with van der Waals surface area (Å²) >= 11 is 0. The number of hydrogen-bond donors (Lipinski definition) is 1. The summed E-state index contributed by atoms with van der Waals surface area (Å²) in [7, 11) is -1.31. The van der Waals surface area contributed by atoms with E-state index < -0.39 is 21.0 Å². The summed E-state index contributed by atoms with van der Waals surface area (Å²) in [6, 6.07) is 6.06. The highest BCUT2D eigenvalue weighted by atomic mass is 32.2. The number of sulfone groups is 1. The number of rotatable bonds is 5. The lowest BCUT2D eigenvalue weighted by atomic mass is 10.1. The molecule has 6 nitrogen and oxygen atoms in total. The second-order valence-electron chi connectivity index (χ2n) is 5.01. The SMILES string of the molecule is C/C(=C\CCC(=O)O)c1cccc(S(=O)(=O)C(=O)N(C)C)c1. The van der Waals surface area contributed by atoms with Crippen molar-refractivity contribution in [2.45, 2.75) is 24.7 Å². The van der Waals surface area contributed by atoms with Gasteiger partial charge in [0, 0.05) is 20.5 Å². The van der Waals surface area contributed by atoms with Crippen LogP contribution in [-0.2, 0) is 14.6 Å². The van der Waals surface area contributed by atoms with Crippen LogP contribution in [0.5, 0.6) is 0 Å². The predicted octanol–water partition coefficient (Wildman–Crippen LogP) is 2.41. The number of allylic oxidation sites excluding steroid dienone is 2. The third-order valence-electron chi connectivity index (χ3n) is 3.00. The zero-order valence-corrected chi connectivity index (χ0v) is 13.6. The third kappa shape index (κ3) is 4.42. The number of hydrogen-bond acceptors (Lipinski definition) is 4. The highest BCUT2D eigenvalue weighted by molar-refractivity contribution is 8.06. The molecule has 0 aliphatic rings. The van der Waals surface area contributed by atoms with Crippen LogP contribution in [0.1, 0.15) is 25.3 Å². The third-order valence-corrected chi connectivity index (χ3v) is 4.70. The van der Waals surface area contributed by atoms with E-state index in [1.165, 1.54) is 26.2 Å². The minimum Gasteiger partial charge on any atom is -0.481 e. The zero-order valence-electron chi connectivity index (χ0n) is 12.7. The van der Waals surface area contributed by atoms with Gasteiger partial charge in [-0.15, -0.1) is 0 Å². The molecule has 0 aliphatic heterocycles. The smallest absolute Gasteiger partial charge is 0.343 e. The molecule has 1 rings (SSSR count). The molecule has 0 radical (unpaired) electrons. The quantitative estimate of drug-likeness (QED) is 0.897. The second kappa shape index (κ2) is 7.22. The Bertz CT molecular complexity index is 704. The van der Waals surface area contributed by atoms with Gasteiger partial charge in [0.15, 0.2) is 0 Å². The maximum atomic E-state index is 12.2. The van der Waals surface area contributed by atoms with E-state index in [4.69, 9.17) is 5.11 Å². The zero-order chi connectivity index (χ0) is 16.9. The summed E-state index contributed by atoms with van der Waals surface area (Å²) in [5.41, 5.74) is 1.40. The van der Waals surface area contributed by atoms with Crippen LogP contribution in [0.3, 0.4) is 0 Å². The Morgan fingerprint density at radius 2 is 1.91 bits per heavy atom. The van der Waals surface area contributed by atoms with Crippen LogP contribution >= 0.6 is 0 Å². The van der Waals surface area contributed by atoms with Crippen LogP contribution in [0, 0.1) is 0 Å². The van der Waals surface area contributed by atoms with Gasteiger partial charge in [-0.1, -0.05) is 18.2 Å². The van der Waals surface area contributed by atoms with E-state index in [1.807, 2.05) is 0 Å². The Morgan fingerprint density at radius 1 is 1.27 bits per heavy atom. The van der Waals surface area contributed by atoms with Crippen LogP contribution in [0.25, 0.3) is 5.57 Å². The van der Waals surface area contributed by atoms with Crippen molar-refractivity contribution in [3.8, 4) is 0 Å². The van der Waals surface area contributed by atoms with Crippen molar-refractivity contribution in [2.24, 2.45) is 0 Å². The van der Waals surface area contributed by atoms with E-state index in [2.05, 4.69) is 0 Å². The molecule has 22 heavy (non-hydrogen) atoms.